The third kappa shape index (κ3) is 2.28. The van der Waals surface area contributed by atoms with Gasteiger partial charge in [0, 0.05) is 17.7 Å². The molecule has 0 radical (unpaired) electrons. The molecule has 5 N–H and O–H groups in total. The van der Waals surface area contributed by atoms with Gasteiger partial charge in [-0.3, -0.25) is 0 Å². The van der Waals surface area contributed by atoms with E-state index in [9.17, 15) is 10.4 Å². The van der Waals surface area contributed by atoms with Crippen molar-refractivity contribution in [3.05, 3.63) is 29.0 Å². The summed E-state index contributed by atoms with van der Waals surface area (Å²) < 4.78 is 5.65. The summed E-state index contributed by atoms with van der Waals surface area (Å²) in [4.78, 5) is -1.30. The van der Waals surface area contributed by atoms with Gasteiger partial charge in [-0.15, -0.1) is 11.8 Å². The Kier molecular flexibility index (Phi) is 3.11. The summed E-state index contributed by atoms with van der Waals surface area (Å²) in [7, 11) is 0. The van der Waals surface area contributed by atoms with Gasteiger partial charge in [0.2, 0.25) is 0 Å². The SMILES string of the molecule is Nc1ccc2c(c1)C1SC(N)C[N+]([O-])(O)C1CCO2. The van der Waals surface area contributed by atoms with E-state index in [1.165, 1.54) is 11.8 Å². The fourth-order valence-electron chi connectivity index (χ4n) is 2.77. The van der Waals surface area contributed by atoms with Gasteiger partial charge in [-0.1, -0.05) is 0 Å². The Hall–Kier alpha value is -0.990. The topological polar surface area (TPSA) is 105 Å². The Labute approximate surface area is 115 Å². The smallest absolute Gasteiger partial charge is 0.138 e. The minimum absolute atomic E-state index is 0.00345. The minimum Gasteiger partial charge on any atom is -0.598 e. The number of nitrogens with two attached hydrogens (primary N) is 2. The summed E-state index contributed by atoms with van der Waals surface area (Å²) >= 11 is 1.50. The zero-order valence-electron chi connectivity index (χ0n) is 10.4. The number of hydroxylamine groups is 4. The normalized spacial score (nSPS) is 37.7. The van der Waals surface area contributed by atoms with Crippen LogP contribution in [0.3, 0.4) is 0 Å². The lowest BCUT2D eigenvalue weighted by atomic mass is 10.0. The summed E-state index contributed by atoms with van der Waals surface area (Å²) in [5.41, 5.74) is 13.2. The van der Waals surface area contributed by atoms with Gasteiger partial charge >= 0.3 is 0 Å². The van der Waals surface area contributed by atoms with Crippen molar-refractivity contribution < 1.29 is 14.8 Å². The van der Waals surface area contributed by atoms with E-state index in [2.05, 4.69) is 0 Å². The molecule has 1 aromatic rings. The van der Waals surface area contributed by atoms with Crippen molar-refractivity contribution in [2.75, 3.05) is 18.9 Å². The predicted octanol–water partition coefficient (Wildman–Crippen LogP) is 1.20. The summed E-state index contributed by atoms with van der Waals surface area (Å²) in [6.45, 7) is 0.417. The fourth-order valence-corrected chi connectivity index (χ4v) is 4.29. The van der Waals surface area contributed by atoms with E-state index in [1.807, 2.05) is 12.1 Å². The number of hydrogen-bond acceptors (Lipinski definition) is 6. The van der Waals surface area contributed by atoms with E-state index in [0.717, 1.165) is 11.3 Å². The third-order valence-electron chi connectivity index (χ3n) is 3.64. The Morgan fingerprint density at radius 2 is 2.26 bits per heavy atom. The highest BCUT2D eigenvalue weighted by Crippen LogP contribution is 2.48. The zero-order valence-corrected chi connectivity index (χ0v) is 11.2. The van der Waals surface area contributed by atoms with Crippen molar-refractivity contribution in [2.45, 2.75) is 23.1 Å². The highest BCUT2D eigenvalue weighted by Gasteiger charge is 2.46. The number of quaternary nitrogens is 1. The van der Waals surface area contributed by atoms with Crippen LogP contribution in [-0.2, 0) is 0 Å². The Morgan fingerprint density at radius 3 is 3.05 bits per heavy atom. The van der Waals surface area contributed by atoms with Gasteiger partial charge in [-0.05, 0) is 18.2 Å². The monoisotopic (exact) mass is 283 g/mol. The third-order valence-corrected chi connectivity index (χ3v) is 5.00. The first-order valence-electron chi connectivity index (χ1n) is 6.22. The minimum atomic E-state index is -1.30. The maximum atomic E-state index is 12.3. The average Bonchev–Trinajstić information content (AvgIpc) is 2.48. The Morgan fingerprint density at radius 1 is 1.47 bits per heavy atom. The van der Waals surface area contributed by atoms with E-state index in [1.54, 1.807) is 6.07 Å². The van der Waals surface area contributed by atoms with Crippen molar-refractivity contribution in [3.63, 3.8) is 0 Å². The molecule has 2 aliphatic rings. The van der Waals surface area contributed by atoms with Crippen LogP contribution in [0.2, 0.25) is 0 Å². The molecule has 0 amide bonds. The number of thioether (sulfide) groups is 1. The molecular weight excluding hydrogens is 266 g/mol. The lowest BCUT2D eigenvalue weighted by Crippen LogP contribution is -2.58. The second-order valence-corrected chi connectivity index (χ2v) is 6.42. The van der Waals surface area contributed by atoms with Crippen LogP contribution < -0.4 is 16.2 Å². The molecule has 104 valence electrons. The molecule has 6 nitrogen and oxygen atoms in total. The molecule has 7 heteroatoms. The molecular formula is C12H17N3O3S. The molecule has 19 heavy (non-hydrogen) atoms. The van der Waals surface area contributed by atoms with Gasteiger partial charge in [0.25, 0.3) is 0 Å². The molecule has 1 saturated heterocycles. The molecule has 0 spiro atoms. The van der Waals surface area contributed by atoms with Crippen LogP contribution >= 0.6 is 11.8 Å². The number of hydrogen-bond donors (Lipinski definition) is 3. The average molecular weight is 283 g/mol. The van der Waals surface area contributed by atoms with Crippen LogP contribution in [0.5, 0.6) is 5.75 Å². The van der Waals surface area contributed by atoms with Gasteiger partial charge in [-0.2, -0.15) is 0 Å². The quantitative estimate of drug-likeness (QED) is 0.375. The standard InChI is InChI=1S/C12H17N3O3S/c13-7-1-2-10-8(5-7)12-9(3-4-18-10)15(16,17)6-11(14)19-12/h1-2,5,9,11-12,16H,3-4,6,13-14H2. The second-order valence-electron chi connectivity index (χ2n) is 5.04. The number of anilines is 1. The van der Waals surface area contributed by atoms with E-state index >= 15 is 0 Å². The molecule has 0 saturated carbocycles. The van der Waals surface area contributed by atoms with Gasteiger partial charge in [-0.25, -0.2) is 10.0 Å². The molecule has 0 aliphatic carbocycles. The van der Waals surface area contributed by atoms with Crippen molar-refractivity contribution in [1.82, 2.24) is 0 Å². The van der Waals surface area contributed by atoms with Crippen LogP contribution in [0.25, 0.3) is 0 Å². The molecule has 0 bridgehead atoms. The first-order chi connectivity index (χ1) is 8.97. The first kappa shape index (κ1) is 13.0. The van der Waals surface area contributed by atoms with Crippen molar-refractivity contribution >= 4 is 17.4 Å². The number of ether oxygens (including phenoxy) is 1. The molecule has 4 unspecified atom stereocenters. The summed E-state index contributed by atoms with van der Waals surface area (Å²) in [6, 6.07) is 4.92. The van der Waals surface area contributed by atoms with E-state index in [4.69, 9.17) is 16.2 Å². The lowest BCUT2D eigenvalue weighted by molar-refractivity contribution is -1.08. The number of nitrogens with zero attached hydrogens (tertiary/aromatic N) is 1. The number of nitrogen functional groups attached to an aromatic ring is 1. The maximum absolute atomic E-state index is 12.3. The van der Waals surface area contributed by atoms with Gasteiger partial charge in [0.05, 0.1) is 11.9 Å². The highest BCUT2D eigenvalue weighted by atomic mass is 32.2. The molecule has 4 atom stereocenters. The van der Waals surface area contributed by atoms with Crippen LogP contribution in [0.4, 0.5) is 5.69 Å². The molecule has 3 rings (SSSR count). The van der Waals surface area contributed by atoms with E-state index in [-0.39, 0.29) is 11.8 Å². The lowest BCUT2D eigenvalue weighted by Gasteiger charge is -2.48. The fraction of sp³-hybridized carbons (Fsp3) is 0.500. The number of fused-ring (bicyclic) bond motifs is 3. The molecule has 2 aliphatic heterocycles. The number of benzene rings is 1. The van der Waals surface area contributed by atoms with Crippen LogP contribution in [-0.4, -0.2) is 34.6 Å². The summed E-state index contributed by atoms with van der Waals surface area (Å²) in [5.74, 6) is 0.725. The van der Waals surface area contributed by atoms with Crippen molar-refractivity contribution in [2.24, 2.45) is 5.73 Å². The number of rotatable bonds is 0. The van der Waals surface area contributed by atoms with Crippen LogP contribution in [0, 0.1) is 5.21 Å². The highest BCUT2D eigenvalue weighted by molar-refractivity contribution is 8.00. The summed E-state index contributed by atoms with van der Waals surface area (Å²) in [5, 5.41) is 21.7. The predicted molar refractivity (Wildman–Crippen MR) is 73.3 cm³/mol. The maximum Gasteiger partial charge on any atom is 0.138 e. The molecule has 0 aromatic heterocycles. The van der Waals surface area contributed by atoms with E-state index in [0.29, 0.717) is 18.7 Å². The Balaban J connectivity index is 2.06. The van der Waals surface area contributed by atoms with Crippen LogP contribution in [0.1, 0.15) is 17.2 Å². The summed E-state index contributed by atoms with van der Waals surface area (Å²) in [6.07, 6.45) is 0.499. The molecule has 2 heterocycles. The van der Waals surface area contributed by atoms with E-state index < -0.39 is 16.2 Å². The van der Waals surface area contributed by atoms with Gasteiger partial charge < -0.3 is 21.4 Å². The van der Waals surface area contributed by atoms with Gasteiger partial charge in [0.15, 0.2) is 0 Å². The Bertz CT molecular complexity index is 497. The molecule has 1 fully saturated rings. The first-order valence-corrected chi connectivity index (χ1v) is 7.16. The second kappa shape index (κ2) is 4.53. The van der Waals surface area contributed by atoms with Gasteiger partial charge in [0.1, 0.15) is 23.7 Å². The van der Waals surface area contributed by atoms with Crippen molar-refractivity contribution in [3.8, 4) is 5.75 Å². The van der Waals surface area contributed by atoms with Crippen LogP contribution in [0.15, 0.2) is 18.2 Å². The largest absolute Gasteiger partial charge is 0.598 e. The zero-order chi connectivity index (χ0) is 13.6. The molecule has 1 aromatic carbocycles. The van der Waals surface area contributed by atoms with Crippen molar-refractivity contribution in [1.29, 1.82) is 0 Å².